The molecule has 18 heavy (non-hydrogen) atoms. The molecule has 2 unspecified atom stereocenters. The summed E-state index contributed by atoms with van der Waals surface area (Å²) in [7, 11) is 1.85. The van der Waals surface area contributed by atoms with Crippen LogP contribution < -0.4 is 0 Å². The first-order chi connectivity index (χ1) is 8.54. The molecule has 1 fully saturated rings. The first-order valence-electron chi connectivity index (χ1n) is 6.25. The molecule has 2 nitrogen and oxygen atoms in total. The number of benzene rings is 1. The zero-order valence-electron chi connectivity index (χ0n) is 10.6. The number of carbonyl (C=O) groups excluding carboxylic acids is 1. The predicted octanol–water partition coefficient (Wildman–Crippen LogP) is 3.54. The second-order valence-electron chi connectivity index (χ2n) is 4.84. The van der Waals surface area contributed by atoms with Crippen molar-refractivity contribution >= 4 is 28.5 Å². The summed E-state index contributed by atoms with van der Waals surface area (Å²) in [4.78, 5) is 13.6. The maximum atomic E-state index is 13.5. The van der Waals surface area contributed by atoms with Gasteiger partial charge in [-0.2, -0.15) is 0 Å². The number of nitrogens with zero attached hydrogens (tertiary/aromatic N) is 1. The zero-order valence-corrected chi connectivity index (χ0v) is 12.8. The molecule has 0 radical (unpaired) electrons. The largest absolute Gasteiger partial charge is 0.342 e. The second-order valence-corrected chi connectivity index (χ2v) is 6.00. The van der Waals surface area contributed by atoms with E-state index in [1.165, 1.54) is 0 Å². The van der Waals surface area contributed by atoms with Crippen molar-refractivity contribution in [3.63, 3.8) is 0 Å². The van der Waals surface area contributed by atoms with Gasteiger partial charge in [0.1, 0.15) is 5.82 Å². The number of halogens is 2. The molecule has 1 aliphatic rings. The van der Waals surface area contributed by atoms with Gasteiger partial charge < -0.3 is 4.90 Å². The summed E-state index contributed by atoms with van der Waals surface area (Å²) in [6.45, 7) is 2.00. The van der Waals surface area contributed by atoms with Gasteiger partial charge in [-0.3, -0.25) is 4.79 Å². The maximum absolute atomic E-state index is 13.5. The summed E-state index contributed by atoms with van der Waals surface area (Å²) in [5.41, 5.74) is 1.01. The van der Waals surface area contributed by atoms with Gasteiger partial charge >= 0.3 is 0 Å². The number of rotatable bonds is 4. The minimum absolute atomic E-state index is 0.165. The third kappa shape index (κ3) is 2.84. The van der Waals surface area contributed by atoms with E-state index in [0.717, 1.165) is 18.4 Å². The Labute approximate surface area is 121 Å². The monoisotopic (exact) mass is 361 g/mol. The van der Waals surface area contributed by atoms with Crippen molar-refractivity contribution in [1.29, 1.82) is 0 Å². The smallest absolute Gasteiger partial charge is 0.222 e. The number of likely N-dealkylation sites (N-methyl/N-ethyl adjacent to an activating group) is 1. The van der Waals surface area contributed by atoms with E-state index in [2.05, 4.69) is 0 Å². The van der Waals surface area contributed by atoms with Crippen LogP contribution in [-0.2, 0) is 4.79 Å². The molecule has 0 saturated heterocycles. The van der Waals surface area contributed by atoms with Crippen molar-refractivity contribution in [1.82, 2.24) is 4.90 Å². The Balaban J connectivity index is 2.02. The van der Waals surface area contributed by atoms with Gasteiger partial charge in [0.15, 0.2) is 0 Å². The molecule has 0 aliphatic heterocycles. The van der Waals surface area contributed by atoms with Gasteiger partial charge in [-0.25, -0.2) is 4.39 Å². The number of hydrogen-bond acceptors (Lipinski definition) is 1. The van der Waals surface area contributed by atoms with Gasteiger partial charge in [0, 0.05) is 29.0 Å². The second kappa shape index (κ2) is 5.55. The molecule has 98 valence electrons. The summed E-state index contributed by atoms with van der Waals surface area (Å²) in [6, 6.07) is 5.62. The minimum atomic E-state index is -0.165. The molecule has 0 spiro atoms. The van der Waals surface area contributed by atoms with Gasteiger partial charge in [0.2, 0.25) is 5.91 Å². The average molecular weight is 361 g/mol. The van der Waals surface area contributed by atoms with Gasteiger partial charge in [-0.1, -0.05) is 13.0 Å². The highest BCUT2D eigenvalue weighted by atomic mass is 127. The lowest BCUT2D eigenvalue weighted by Crippen LogP contribution is -2.29. The predicted molar refractivity (Wildman–Crippen MR) is 77.9 cm³/mol. The lowest BCUT2D eigenvalue weighted by molar-refractivity contribution is -0.130. The Morgan fingerprint density at radius 1 is 1.56 bits per heavy atom. The van der Waals surface area contributed by atoms with Crippen LogP contribution >= 0.6 is 22.6 Å². The van der Waals surface area contributed by atoms with E-state index in [1.54, 1.807) is 12.1 Å². The topological polar surface area (TPSA) is 20.3 Å². The molecular weight excluding hydrogens is 344 g/mol. The fourth-order valence-electron chi connectivity index (χ4n) is 2.29. The highest BCUT2D eigenvalue weighted by molar-refractivity contribution is 14.1. The highest BCUT2D eigenvalue weighted by Gasteiger charge is 2.43. The number of hydrogen-bond donors (Lipinski definition) is 0. The molecule has 1 aromatic carbocycles. The van der Waals surface area contributed by atoms with Crippen LogP contribution in [0.2, 0.25) is 0 Å². The van der Waals surface area contributed by atoms with Crippen molar-refractivity contribution in [2.24, 2.45) is 0 Å². The summed E-state index contributed by atoms with van der Waals surface area (Å²) in [5, 5.41) is 0. The summed E-state index contributed by atoms with van der Waals surface area (Å²) < 4.78 is 14.1. The molecule has 4 heteroatoms. The summed E-state index contributed by atoms with van der Waals surface area (Å²) in [6.07, 6.45) is 2.42. The van der Waals surface area contributed by atoms with Crippen LogP contribution in [0.5, 0.6) is 0 Å². The normalized spacial score (nSPS) is 21.8. The third-order valence-electron chi connectivity index (χ3n) is 3.48. The Morgan fingerprint density at radius 3 is 2.89 bits per heavy atom. The van der Waals surface area contributed by atoms with Crippen LogP contribution in [0.15, 0.2) is 18.2 Å². The van der Waals surface area contributed by atoms with Crippen molar-refractivity contribution in [2.45, 2.75) is 38.1 Å². The van der Waals surface area contributed by atoms with Crippen molar-refractivity contribution in [3.8, 4) is 0 Å². The first-order valence-corrected chi connectivity index (χ1v) is 7.33. The molecule has 2 rings (SSSR count). The third-order valence-corrected chi connectivity index (χ3v) is 4.36. The van der Waals surface area contributed by atoms with Crippen LogP contribution in [0, 0.1) is 9.39 Å². The Kier molecular flexibility index (Phi) is 4.25. The zero-order chi connectivity index (χ0) is 13.3. The fraction of sp³-hybridized carbons (Fsp3) is 0.500. The number of amides is 1. The Bertz CT molecular complexity index is 463. The minimum Gasteiger partial charge on any atom is -0.342 e. The molecule has 0 aromatic heterocycles. The lowest BCUT2D eigenvalue weighted by Gasteiger charge is -2.17. The van der Waals surface area contributed by atoms with Crippen LogP contribution in [-0.4, -0.2) is 23.9 Å². The van der Waals surface area contributed by atoms with Crippen LogP contribution in [0.3, 0.4) is 0 Å². The van der Waals surface area contributed by atoms with E-state index in [1.807, 2.05) is 47.5 Å². The molecule has 0 heterocycles. The number of carbonyl (C=O) groups is 1. The molecular formula is C14H17FINO. The van der Waals surface area contributed by atoms with Gasteiger partial charge in [-0.15, -0.1) is 0 Å². The lowest BCUT2D eigenvalue weighted by atomic mass is 10.1. The van der Waals surface area contributed by atoms with Crippen molar-refractivity contribution in [3.05, 3.63) is 33.1 Å². The quantitative estimate of drug-likeness (QED) is 0.752. The van der Waals surface area contributed by atoms with Gasteiger partial charge in [0.25, 0.3) is 0 Å². The van der Waals surface area contributed by atoms with Crippen LogP contribution in [0.1, 0.15) is 37.7 Å². The first kappa shape index (κ1) is 13.8. The SMILES string of the molecule is CCCC(=O)N(C)C1CC1c1ccc(I)c(F)c1. The molecule has 1 saturated carbocycles. The summed E-state index contributed by atoms with van der Waals surface area (Å²) >= 11 is 1.99. The Morgan fingerprint density at radius 2 is 2.28 bits per heavy atom. The van der Waals surface area contributed by atoms with E-state index in [4.69, 9.17) is 0 Å². The van der Waals surface area contributed by atoms with E-state index >= 15 is 0 Å². The van der Waals surface area contributed by atoms with Crippen LogP contribution in [0.25, 0.3) is 0 Å². The highest BCUT2D eigenvalue weighted by Crippen LogP contribution is 2.44. The Hall–Kier alpha value is -0.650. The molecule has 1 aliphatic carbocycles. The fourth-order valence-corrected chi connectivity index (χ4v) is 2.62. The average Bonchev–Trinajstić information content (AvgIpc) is 3.12. The molecule has 1 amide bonds. The standard InChI is InChI=1S/C14H17FINO/c1-3-4-14(18)17(2)13-8-10(13)9-5-6-12(16)11(15)7-9/h5-7,10,13H,3-4,8H2,1-2H3. The van der Waals surface area contributed by atoms with E-state index < -0.39 is 0 Å². The van der Waals surface area contributed by atoms with Crippen LogP contribution in [0.4, 0.5) is 4.39 Å². The van der Waals surface area contributed by atoms with Crippen molar-refractivity contribution < 1.29 is 9.18 Å². The molecule has 1 aromatic rings. The molecule has 0 bridgehead atoms. The summed E-state index contributed by atoms with van der Waals surface area (Å²) in [5.74, 6) is 0.333. The molecule has 0 N–H and O–H groups in total. The molecule has 2 atom stereocenters. The van der Waals surface area contributed by atoms with E-state index in [-0.39, 0.29) is 17.8 Å². The maximum Gasteiger partial charge on any atom is 0.222 e. The van der Waals surface area contributed by atoms with E-state index in [0.29, 0.717) is 15.9 Å². The van der Waals surface area contributed by atoms with Gasteiger partial charge in [0.05, 0.1) is 0 Å². The van der Waals surface area contributed by atoms with Gasteiger partial charge in [-0.05, 0) is 53.1 Å². The van der Waals surface area contributed by atoms with E-state index in [9.17, 15) is 9.18 Å². The van der Waals surface area contributed by atoms with Crippen molar-refractivity contribution in [2.75, 3.05) is 7.05 Å².